The fourth-order valence-electron chi connectivity index (χ4n) is 0.0745. The predicted octanol–water partition coefficient (Wildman–Crippen LogP) is -0.658. The van der Waals surface area contributed by atoms with E-state index in [1.54, 1.807) is 0 Å². The van der Waals surface area contributed by atoms with E-state index in [9.17, 15) is 4.79 Å². The fraction of sp³-hybridized carbons (Fsp3) is 0. The van der Waals surface area contributed by atoms with Gasteiger partial charge in [0.2, 0.25) is 0 Å². The third-order valence-corrected chi connectivity index (χ3v) is 0.194. The summed E-state index contributed by atoms with van der Waals surface area (Å²) in [6.45, 7) is -0.0197. The Bertz CT molecular complexity index is 79.8. The van der Waals surface area contributed by atoms with Crippen molar-refractivity contribution in [3.8, 4) is 0 Å². The zero-order chi connectivity index (χ0) is 5.70. The first kappa shape index (κ1) is 5.74. The lowest BCUT2D eigenvalue weighted by Crippen LogP contribution is -2.19. The van der Waals surface area contributed by atoms with E-state index in [0.717, 1.165) is 0 Å². The van der Waals surface area contributed by atoms with Crippen LogP contribution in [0.1, 0.15) is 0 Å². The molecule has 1 amide bonds. The molecule has 0 aliphatic rings. The molecule has 5 nitrogen and oxygen atoms in total. The van der Waals surface area contributed by atoms with E-state index in [-0.39, 0.29) is 6.47 Å². The van der Waals surface area contributed by atoms with Gasteiger partial charge in [0.1, 0.15) is 0 Å². The third kappa shape index (κ3) is 4.74. The number of amides is 1. The molecule has 0 saturated carbocycles. The maximum Gasteiger partial charge on any atom is 0.438 e. The van der Waals surface area contributed by atoms with Crippen molar-refractivity contribution in [3.05, 3.63) is 0 Å². The van der Waals surface area contributed by atoms with Gasteiger partial charge in [-0.15, -0.1) is 0 Å². The Labute approximate surface area is 38.8 Å². The van der Waals surface area contributed by atoms with Crippen molar-refractivity contribution in [1.82, 2.24) is 5.48 Å². The summed E-state index contributed by atoms with van der Waals surface area (Å²) in [4.78, 5) is 22.1. The lowest BCUT2D eigenvalue weighted by Gasteiger charge is -1.89. The molecule has 0 bridgehead atoms. The summed E-state index contributed by atoms with van der Waals surface area (Å²) in [6.07, 6.45) is -1.40. The lowest BCUT2D eigenvalue weighted by molar-refractivity contribution is -0.133. The highest BCUT2D eigenvalue weighted by Gasteiger charge is 1.87. The monoisotopic (exact) mass is 105 g/mol. The maximum atomic E-state index is 9.36. The van der Waals surface area contributed by atoms with E-state index < -0.39 is 6.09 Å². The molecule has 0 radical (unpaired) electrons. The highest BCUT2D eigenvalue weighted by molar-refractivity contribution is 5.64. The van der Waals surface area contributed by atoms with Crippen LogP contribution in [0.25, 0.3) is 0 Å². The Morgan fingerprint density at radius 3 is 2.57 bits per heavy atom. The van der Waals surface area contributed by atoms with Gasteiger partial charge in [-0.3, -0.25) is 4.79 Å². The van der Waals surface area contributed by atoms with Gasteiger partial charge in [-0.2, -0.15) is 5.48 Å². The number of rotatable bonds is 2. The van der Waals surface area contributed by atoms with Crippen molar-refractivity contribution in [1.29, 1.82) is 0 Å². The molecule has 0 aromatic rings. The van der Waals surface area contributed by atoms with Gasteiger partial charge in [0.15, 0.2) is 0 Å². The van der Waals surface area contributed by atoms with Crippen LogP contribution in [0.15, 0.2) is 0 Å². The average molecular weight is 105 g/mol. The average Bonchev–Trinajstić information content (AvgIpc) is 1.61. The van der Waals surface area contributed by atoms with Gasteiger partial charge in [-0.05, 0) is 0 Å². The molecular weight excluding hydrogens is 102 g/mol. The highest BCUT2D eigenvalue weighted by Crippen LogP contribution is 1.55. The smallest absolute Gasteiger partial charge is 0.438 e. The zero-order valence-electron chi connectivity index (χ0n) is 3.25. The summed E-state index contributed by atoms with van der Waals surface area (Å²) < 4.78 is 0. The van der Waals surface area contributed by atoms with Gasteiger partial charge in [-0.1, -0.05) is 0 Å². The van der Waals surface area contributed by atoms with Crippen LogP contribution in [-0.2, 0) is 9.63 Å². The standard InChI is InChI=1S/C2H3NO4/c4-1-7-3-2(5)6/h1,3H,(H,5,6). The van der Waals surface area contributed by atoms with E-state index in [1.807, 2.05) is 0 Å². The van der Waals surface area contributed by atoms with E-state index in [0.29, 0.717) is 0 Å². The van der Waals surface area contributed by atoms with E-state index in [1.165, 1.54) is 5.48 Å². The molecular formula is C2H3NO4. The van der Waals surface area contributed by atoms with Crippen molar-refractivity contribution >= 4 is 12.6 Å². The molecule has 0 heterocycles. The predicted molar refractivity (Wildman–Crippen MR) is 18.3 cm³/mol. The minimum atomic E-state index is -1.40. The fourth-order valence-corrected chi connectivity index (χ4v) is 0.0745. The molecule has 0 aromatic carbocycles. The SMILES string of the molecule is O=CONC(=O)O. The normalized spacial score (nSPS) is 6.86. The Kier molecular flexibility index (Phi) is 2.42. The number of carbonyl (C=O) groups excluding carboxylic acids is 1. The summed E-state index contributed by atoms with van der Waals surface area (Å²) in [5, 5.41) is 7.65. The van der Waals surface area contributed by atoms with Crippen LogP contribution in [0.2, 0.25) is 0 Å². The number of hydrogen-bond acceptors (Lipinski definition) is 3. The van der Waals surface area contributed by atoms with Gasteiger partial charge in [0, 0.05) is 0 Å². The topological polar surface area (TPSA) is 75.6 Å². The van der Waals surface area contributed by atoms with Crippen LogP contribution in [0.4, 0.5) is 4.79 Å². The third-order valence-electron chi connectivity index (χ3n) is 0.194. The maximum absolute atomic E-state index is 9.36. The van der Waals surface area contributed by atoms with Crippen molar-refractivity contribution in [3.63, 3.8) is 0 Å². The van der Waals surface area contributed by atoms with E-state index in [4.69, 9.17) is 9.90 Å². The van der Waals surface area contributed by atoms with Gasteiger partial charge < -0.3 is 9.94 Å². The van der Waals surface area contributed by atoms with Crippen LogP contribution in [0.3, 0.4) is 0 Å². The molecule has 0 unspecified atom stereocenters. The molecule has 0 aliphatic heterocycles. The van der Waals surface area contributed by atoms with Gasteiger partial charge in [0.25, 0.3) is 0 Å². The minimum Gasteiger partial charge on any atom is -0.463 e. The second kappa shape index (κ2) is 2.95. The molecule has 7 heavy (non-hydrogen) atoms. The number of nitrogens with one attached hydrogen (secondary N) is 1. The first-order valence-electron chi connectivity index (χ1n) is 1.35. The van der Waals surface area contributed by atoms with E-state index in [2.05, 4.69) is 4.84 Å². The first-order chi connectivity index (χ1) is 3.27. The van der Waals surface area contributed by atoms with Gasteiger partial charge in [0.05, 0.1) is 0 Å². The Morgan fingerprint density at radius 2 is 2.43 bits per heavy atom. The molecule has 0 spiro atoms. The molecule has 0 aromatic heterocycles. The number of carboxylic acid groups (broad SMARTS) is 1. The summed E-state index contributed by atoms with van der Waals surface area (Å²) in [5.74, 6) is 0. The number of carbonyl (C=O) groups is 2. The van der Waals surface area contributed by atoms with E-state index >= 15 is 0 Å². The Morgan fingerprint density at radius 1 is 1.86 bits per heavy atom. The summed E-state index contributed by atoms with van der Waals surface area (Å²) in [6, 6.07) is 0. The highest BCUT2D eigenvalue weighted by atomic mass is 16.7. The van der Waals surface area contributed by atoms with Crippen molar-refractivity contribution < 1.29 is 19.5 Å². The molecule has 0 aliphatic carbocycles. The van der Waals surface area contributed by atoms with Crippen molar-refractivity contribution in [2.75, 3.05) is 0 Å². The largest absolute Gasteiger partial charge is 0.463 e. The second-order valence-corrected chi connectivity index (χ2v) is 0.621. The van der Waals surface area contributed by atoms with Crippen LogP contribution >= 0.6 is 0 Å². The van der Waals surface area contributed by atoms with Crippen LogP contribution in [0.5, 0.6) is 0 Å². The minimum absolute atomic E-state index is 0.0197. The molecule has 5 heteroatoms. The number of hydroxylamine groups is 1. The van der Waals surface area contributed by atoms with Crippen molar-refractivity contribution in [2.45, 2.75) is 0 Å². The summed E-state index contributed by atoms with van der Waals surface area (Å²) in [5.41, 5.74) is 1.34. The second-order valence-electron chi connectivity index (χ2n) is 0.621. The van der Waals surface area contributed by atoms with Crippen LogP contribution in [-0.4, -0.2) is 17.7 Å². The summed E-state index contributed by atoms with van der Waals surface area (Å²) in [7, 11) is 0. The zero-order valence-corrected chi connectivity index (χ0v) is 3.25. The van der Waals surface area contributed by atoms with Gasteiger partial charge in [-0.25, -0.2) is 4.79 Å². The van der Waals surface area contributed by atoms with Gasteiger partial charge >= 0.3 is 12.6 Å². The molecule has 0 saturated heterocycles. The Hall–Kier alpha value is -1.26. The quantitative estimate of drug-likeness (QED) is 0.361. The Balaban J connectivity index is 2.97. The lowest BCUT2D eigenvalue weighted by atomic mass is 11.3. The molecule has 2 N–H and O–H groups in total. The molecule has 0 fully saturated rings. The molecule has 40 valence electrons. The molecule has 0 rings (SSSR count). The number of hydrogen-bond donors (Lipinski definition) is 2. The van der Waals surface area contributed by atoms with Crippen molar-refractivity contribution in [2.24, 2.45) is 0 Å². The first-order valence-corrected chi connectivity index (χ1v) is 1.35. The van der Waals surface area contributed by atoms with Crippen LogP contribution in [0, 0.1) is 0 Å². The van der Waals surface area contributed by atoms with Crippen LogP contribution < -0.4 is 5.48 Å². The summed E-state index contributed by atoms with van der Waals surface area (Å²) >= 11 is 0. The molecule has 0 atom stereocenters.